The maximum absolute atomic E-state index is 12.9. The van der Waals surface area contributed by atoms with E-state index in [1.807, 2.05) is 0 Å². The zero-order valence-corrected chi connectivity index (χ0v) is 15.8. The molecule has 1 N–H and O–H groups in total. The Morgan fingerprint density at radius 3 is 2.61 bits per heavy atom. The third-order valence-electron chi connectivity index (χ3n) is 6.39. The number of pyridine rings is 1. The van der Waals surface area contributed by atoms with Gasteiger partial charge >= 0.3 is 6.18 Å². The molecular formula is C21H26F3N3O. The molecule has 7 heteroatoms. The van der Waals surface area contributed by atoms with Gasteiger partial charge in [0.1, 0.15) is 5.65 Å². The van der Waals surface area contributed by atoms with Crippen molar-refractivity contribution in [3.63, 3.8) is 0 Å². The fourth-order valence-corrected chi connectivity index (χ4v) is 5.08. The molecule has 2 heterocycles. The Hall–Kier alpha value is -1.89. The van der Waals surface area contributed by atoms with E-state index >= 15 is 0 Å². The van der Waals surface area contributed by atoms with E-state index in [1.165, 1.54) is 50.8 Å². The van der Waals surface area contributed by atoms with E-state index in [2.05, 4.69) is 10.3 Å². The monoisotopic (exact) mass is 393 g/mol. The average molecular weight is 393 g/mol. The van der Waals surface area contributed by atoms with Crippen LogP contribution in [0, 0.1) is 11.8 Å². The molecule has 3 atom stereocenters. The molecule has 0 aromatic carbocycles. The molecule has 0 spiro atoms. The molecule has 2 aliphatic rings. The Bertz CT molecular complexity index is 831. The van der Waals surface area contributed by atoms with Crippen molar-refractivity contribution in [3.05, 3.63) is 30.1 Å². The SMILES string of the molecule is O=C(c1cn(CCCNC2CC3CCCC[C@H]3C2)c2ncccc12)C(F)(F)F. The van der Waals surface area contributed by atoms with Crippen LogP contribution in [-0.4, -0.2) is 34.1 Å². The molecule has 0 amide bonds. The zero-order valence-electron chi connectivity index (χ0n) is 15.8. The van der Waals surface area contributed by atoms with Gasteiger partial charge in [-0.05, 0) is 49.8 Å². The normalized spacial score (nSPS) is 25.2. The van der Waals surface area contributed by atoms with E-state index in [9.17, 15) is 18.0 Å². The molecule has 2 aromatic rings. The highest BCUT2D eigenvalue weighted by Gasteiger charge is 2.41. The van der Waals surface area contributed by atoms with Crippen LogP contribution in [0.25, 0.3) is 11.0 Å². The van der Waals surface area contributed by atoms with Gasteiger partial charge in [0, 0.05) is 30.4 Å². The van der Waals surface area contributed by atoms with E-state index in [0.29, 0.717) is 18.2 Å². The predicted molar refractivity (Wildman–Crippen MR) is 101 cm³/mol. The van der Waals surface area contributed by atoms with E-state index in [1.54, 1.807) is 16.8 Å². The summed E-state index contributed by atoms with van der Waals surface area (Å²) in [4.78, 5) is 15.9. The van der Waals surface area contributed by atoms with Crippen molar-refractivity contribution in [1.82, 2.24) is 14.9 Å². The van der Waals surface area contributed by atoms with Crippen LogP contribution >= 0.6 is 0 Å². The van der Waals surface area contributed by atoms with Crippen molar-refractivity contribution in [3.8, 4) is 0 Å². The molecule has 0 saturated heterocycles. The molecule has 28 heavy (non-hydrogen) atoms. The summed E-state index contributed by atoms with van der Waals surface area (Å²) in [6.07, 6.45) is 6.70. The van der Waals surface area contributed by atoms with Crippen molar-refractivity contribution in [2.24, 2.45) is 11.8 Å². The number of halogens is 3. The van der Waals surface area contributed by atoms with E-state index < -0.39 is 12.0 Å². The number of nitrogens with zero attached hydrogens (tertiary/aromatic N) is 2. The number of alkyl halides is 3. The average Bonchev–Trinajstić information content (AvgIpc) is 3.25. The number of aromatic nitrogens is 2. The fourth-order valence-electron chi connectivity index (χ4n) is 5.08. The first-order chi connectivity index (χ1) is 13.4. The van der Waals surface area contributed by atoms with Gasteiger partial charge in [0.15, 0.2) is 0 Å². The van der Waals surface area contributed by atoms with Crippen LogP contribution in [0.3, 0.4) is 0 Å². The lowest BCUT2D eigenvalue weighted by atomic mass is 9.82. The van der Waals surface area contributed by atoms with Crippen LogP contribution in [-0.2, 0) is 6.54 Å². The third kappa shape index (κ3) is 3.95. The number of hydrogen-bond acceptors (Lipinski definition) is 3. The summed E-state index contributed by atoms with van der Waals surface area (Å²) >= 11 is 0. The smallest absolute Gasteiger partial charge is 0.332 e. The maximum atomic E-state index is 12.9. The number of fused-ring (bicyclic) bond motifs is 2. The molecule has 2 aliphatic carbocycles. The first-order valence-electron chi connectivity index (χ1n) is 10.2. The number of nitrogens with one attached hydrogen (secondary N) is 1. The zero-order chi connectivity index (χ0) is 19.7. The number of hydrogen-bond donors (Lipinski definition) is 1. The van der Waals surface area contributed by atoms with Gasteiger partial charge in [-0.3, -0.25) is 4.79 Å². The molecule has 0 aliphatic heterocycles. The van der Waals surface area contributed by atoms with Crippen molar-refractivity contribution >= 4 is 16.8 Å². The molecule has 4 nitrogen and oxygen atoms in total. The van der Waals surface area contributed by atoms with Crippen molar-refractivity contribution in [2.75, 3.05) is 6.54 Å². The Balaban J connectivity index is 1.37. The van der Waals surface area contributed by atoms with Gasteiger partial charge in [0.25, 0.3) is 5.78 Å². The van der Waals surface area contributed by atoms with Crippen LogP contribution in [0.15, 0.2) is 24.5 Å². The largest absolute Gasteiger partial charge is 0.454 e. The predicted octanol–water partition coefficient (Wildman–Crippen LogP) is 4.73. The Morgan fingerprint density at radius 2 is 1.93 bits per heavy atom. The molecule has 0 bridgehead atoms. The highest BCUT2D eigenvalue weighted by atomic mass is 19.4. The lowest BCUT2D eigenvalue weighted by Gasteiger charge is -2.24. The topological polar surface area (TPSA) is 46.9 Å². The molecule has 2 aromatic heterocycles. The summed E-state index contributed by atoms with van der Waals surface area (Å²) in [5, 5.41) is 3.89. The summed E-state index contributed by atoms with van der Waals surface area (Å²) in [5.74, 6) is -0.0597. The molecule has 2 unspecified atom stereocenters. The molecular weight excluding hydrogens is 367 g/mol. The van der Waals surface area contributed by atoms with Crippen LogP contribution < -0.4 is 5.32 Å². The lowest BCUT2D eigenvalue weighted by Crippen LogP contribution is -2.28. The second kappa shape index (κ2) is 7.85. The summed E-state index contributed by atoms with van der Waals surface area (Å²) in [7, 11) is 0. The first-order valence-corrected chi connectivity index (χ1v) is 10.2. The van der Waals surface area contributed by atoms with Gasteiger partial charge < -0.3 is 9.88 Å². The molecule has 2 fully saturated rings. The van der Waals surface area contributed by atoms with Gasteiger partial charge in [-0.25, -0.2) is 4.98 Å². The lowest BCUT2D eigenvalue weighted by molar-refractivity contribution is -0.0884. The first kappa shape index (κ1) is 19.4. The number of Topliss-reactive ketones (excluding diaryl/α,β-unsaturated/α-hetero) is 1. The summed E-state index contributed by atoms with van der Waals surface area (Å²) in [6.45, 7) is 1.35. The van der Waals surface area contributed by atoms with Crippen LogP contribution in [0.1, 0.15) is 55.3 Å². The second-order valence-electron chi connectivity index (χ2n) is 8.22. The molecule has 4 rings (SSSR count). The van der Waals surface area contributed by atoms with Crippen LogP contribution in [0.5, 0.6) is 0 Å². The minimum Gasteiger partial charge on any atom is -0.332 e. The number of rotatable bonds is 6. The van der Waals surface area contributed by atoms with E-state index in [4.69, 9.17) is 0 Å². The summed E-state index contributed by atoms with van der Waals surface area (Å²) in [5.41, 5.74) is 0.116. The minimum atomic E-state index is -4.88. The number of carbonyl (C=O) groups is 1. The highest BCUT2D eigenvalue weighted by Crippen LogP contribution is 2.42. The Labute approximate surface area is 162 Å². The molecule has 2 saturated carbocycles. The summed E-state index contributed by atoms with van der Waals surface area (Å²) < 4.78 is 40.3. The molecule has 0 radical (unpaired) electrons. The molecule has 152 valence electrons. The van der Waals surface area contributed by atoms with Gasteiger partial charge in [0.2, 0.25) is 0 Å². The number of ketones is 1. The third-order valence-corrected chi connectivity index (χ3v) is 6.39. The van der Waals surface area contributed by atoms with Crippen LogP contribution in [0.4, 0.5) is 13.2 Å². The standard InChI is InChI=1S/C21H26F3N3O/c22-21(23,24)19(28)18-13-27(20-17(18)7-3-8-26-20)10-4-9-25-16-11-14-5-1-2-6-15(14)12-16/h3,7-8,13-16,25H,1-2,4-6,9-12H2/t14-,15?,16?/m0/s1. The van der Waals surface area contributed by atoms with E-state index in [-0.39, 0.29) is 10.9 Å². The minimum absolute atomic E-state index is 0.262. The number of carbonyl (C=O) groups excluding carboxylic acids is 1. The van der Waals surface area contributed by atoms with Gasteiger partial charge in [-0.1, -0.05) is 25.7 Å². The maximum Gasteiger partial charge on any atom is 0.454 e. The van der Waals surface area contributed by atoms with Gasteiger partial charge in [-0.2, -0.15) is 13.2 Å². The highest BCUT2D eigenvalue weighted by molar-refractivity contribution is 6.10. The Morgan fingerprint density at radius 1 is 1.21 bits per heavy atom. The quantitative estimate of drug-likeness (QED) is 0.570. The van der Waals surface area contributed by atoms with Gasteiger partial charge in [0.05, 0.1) is 5.56 Å². The van der Waals surface area contributed by atoms with Crippen molar-refractivity contribution < 1.29 is 18.0 Å². The van der Waals surface area contributed by atoms with Crippen LogP contribution in [0.2, 0.25) is 0 Å². The van der Waals surface area contributed by atoms with E-state index in [0.717, 1.165) is 24.8 Å². The Kier molecular flexibility index (Phi) is 5.45. The van der Waals surface area contributed by atoms with Gasteiger partial charge in [-0.15, -0.1) is 0 Å². The fraction of sp³-hybridized carbons (Fsp3) is 0.619. The van der Waals surface area contributed by atoms with Crippen molar-refractivity contribution in [2.45, 2.75) is 63.7 Å². The number of aryl methyl sites for hydroxylation is 1. The second-order valence-corrected chi connectivity index (χ2v) is 8.22. The summed E-state index contributed by atoms with van der Waals surface area (Å²) in [6, 6.07) is 3.65. The van der Waals surface area contributed by atoms with Crippen molar-refractivity contribution in [1.29, 1.82) is 0 Å².